The van der Waals surface area contributed by atoms with Gasteiger partial charge in [-0.05, 0) is 17.7 Å². The second-order valence-corrected chi connectivity index (χ2v) is 2.40. The minimum absolute atomic E-state index is 0.0522. The van der Waals surface area contributed by atoms with E-state index in [0.29, 0.717) is 0 Å². The smallest absolute Gasteiger partial charge is 0.309 e. The van der Waals surface area contributed by atoms with Gasteiger partial charge in [0.25, 0.3) is 0 Å². The fourth-order valence-corrected chi connectivity index (χ4v) is 0.846. The van der Waals surface area contributed by atoms with E-state index in [-0.39, 0.29) is 18.1 Å². The molecule has 0 atom stereocenters. The van der Waals surface area contributed by atoms with Gasteiger partial charge in [0.1, 0.15) is 0 Å². The Morgan fingerprint density at radius 2 is 1.92 bits per heavy atom. The van der Waals surface area contributed by atoms with Crippen molar-refractivity contribution >= 4 is 5.97 Å². The van der Waals surface area contributed by atoms with Crippen LogP contribution in [0.2, 0.25) is 0 Å². The van der Waals surface area contributed by atoms with Crippen LogP contribution in [0.25, 0.3) is 0 Å². The van der Waals surface area contributed by atoms with Crippen LogP contribution in [-0.2, 0) is 21.1 Å². The fourth-order valence-electron chi connectivity index (χ4n) is 0.846. The van der Waals surface area contributed by atoms with Crippen LogP contribution in [0, 0.1) is 0 Å². The van der Waals surface area contributed by atoms with E-state index in [2.05, 4.69) is 4.74 Å². The number of hydrogen-bond donors (Lipinski definition) is 0. The fraction of sp³-hybridized carbons (Fsp3) is 0.222. The molecular weight excluding hydrogens is 156 g/mol. The predicted molar refractivity (Wildman–Crippen MR) is 42.3 cm³/mol. The first-order valence-corrected chi connectivity index (χ1v) is 3.55. The highest BCUT2D eigenvalue weighted by Gasteiger charge is 2.01. The molecule has 63 valence electrons. The van der Waals surface area contributed by atoms with Crippen LogP contribution in [0.5, 0.6) is 5.75 Å². The van der Waals surface area contributed by atoms with Gasteiger partial charge in [-0.15, -0.1) is 0 Å². The maximum atomic E-state index is 10.8. The maximum Gasteiger partial charge on any atom is 0.309 e. The van der Waals surface area contributed by atoms with Crippen LogP contribution in [0.1, 0.15) is 5.56 Å². The van der Waals surface area contributed by atoms with Crippen LogP contribution < -0.4 is 0 Å². The van der Waals surface area contributed by atoms with E-state index in [4.69, 9.17) is 0 Å². The van der Waals surface area contributed by atoms with Gasteiger partial charge in [0.2, 0.25) is 0 Å². The van der Waals surface area contributed by atoms with Crippen LogP contribution >= 0.6 is 0 Å². The van der Waals surface area contributed by atoms with Crippen molar-refractivity contribution in [3.8, 4) is 5.75 Å². The summed E-state index contributed by atoms with van der Waals surface area (Å²) in [6.07, 6.45) is 0.219. The van der Waals surface area contributed by atoms with Gasteiger partial charge in [0.05, 0.1) is 13.5 Å². The summed E-state index contributed by atoms with van der Waals surface area (Å²) >= 11 is 0. The topological polar surface area (TPSA) is 46.2 Å². The van der Waals surface area contributed by atoms with Crippen molar-refractivity contribution in [3.63, 3.8) is 0 Å². The lowest BCUT2D eigenvalue weighted by Gasteiger charge is -1.98. The molecule has 12 heavy (non-hydrogen) atoms. The largest absolute Gasteiger partial charge is 0.469 e. The summed E-state index contributed by atoms with van der Waals surface area (Å²) in [7, 11) is 1.34. The van der Waals surface area contributed by atoms with Crippen molar-refractivity contribution < 1.29 is 14.6 Å². The first-order chi connectivity index (χ1) is 5.72. The molecule has 0 bridgehead atoms. The Hall–Kier alpha value is -1.51. The molecule has 0 aliphatic carbocycles. The molecule has 1 rings (SSSR count). The van der Waals surface area contributed by atoms with Crippen molar-refractivity contribution in [3.05, 3.63) is 29.8 Å². The molecule has 1 aromatic rings. The van der Waals surface area contributed by atoms with E-state index >= 15 is 0 Å². The molecule has 0 saturated heterocycles. The van der Waals surface area contributed by atoms with Crippen molar-refractivity contribution in [2.45, 2.75) is 6.42 Å². The number of methoxy groups -OCH3 is 1. The van der Waals surface area contributed by atoms with E-state index in [1.165, 1.54) is 19.2 Å². The molecule has 0 aliphatic rings. The Morgan fingerprint density at radius 1 is 1.33 bits per heavy atom. The number of benzene rings is 1. The average molecular weight is 165 g/mol. The number of hydrogen-bond acceptors (Lipinski definition) is 2. The molecule has 0 saturated carbocycles. The third kappa shape index (κ3) is 2.27. The Labute approximate surface area is 70.6 Å². The highest BCUT2D eigenvalue weighted by Crippen LogP contribution is 2.10. The van der Waals surface area contributed by atoms with Crippen LogP contribution in [0.15, 0.2) is 24.3 Å². The van der Waals surface area contributed by atoms with Crippen LogP contribution in [0.4, 0.5) is 0 Å². The minimum Gasteiger partial charge on any atom is -0.469 e. The molecule has 0 heterocycles. The van der Waals surface area contributed by atoms with Crippen LogP contribution in [-0.4, -0.2) is 13.1 Å². The lowest BCUT2D eigenvalue weighted by Crippen LogP contribution is -2.03. The highest BCUT2D eigenvalue weighted by atomic mass is 16.5. The summed E-state index contributed by atoms with van der Waals surface area (Å²) in [6, 6.07) is 6.11. The molecule has 0 aliphatic heterocycles. The van der Waals surface area contributed by atoms with Gasteiger partial charge in [-0.1, -0.05) is 12.1 Å². The van der Waals surface area contributed by atoms with Crippen molar-refractivity contribution in [2.24, 2.45) is 0 Å². The lowest BCUT2D eigenvalue weighted by molar-refractivity contribution is -0.139. The molecule has 0 unspecified atom stereocenters. The first-order valence-electron chi connectivity index (χ1n) is 3.55. The van der Waals surface area contributed by atoms with Crippen LogP contribution in [0.3, 0.4) is 0 Å². The van der Waals surface area contributed by atoms with E-state index in [1.54, 1.807) is 12.1 Å². The molecule has 3 nitrogen and oxygen atoms in total. The van der Waals surface area contributed by atoms with Gasteiger partial charge in [-0.25, -0.2) is 0 Å². The minimum atomic E-state index is -0.298. The Bertz CT molecular complexity index is 264. The zero-order valence-electron chi connectivity index (χ0n) is 6.74. The summed E-state index contributed by atoms with van der Waals surface area (Å²) in [6.45, 7) is 0. The molecule has 0 amide bonds. The maximum absolute atomic E-state index is 10.8. The third-order valence-corrected chi connectivity index (χ3v) is 1.50. The van der Waals surface area contributed by atoms with Gasteiger partial charge < -0.3 is 4.74 Å². The molecular formula is C9H9O3. The Balaban J connectivity index is 2.64. The lowest BCUT2D eigenvalue weighted by atomic mass is 10.1. The zero-order valence-corrected chi connectivity index (χ0v) is 6.74. The second kappa shape index (κ2) is 3.76. The molecule has 3 heteroatoms. The highest BCUT2D eigenvalue weighted by molar-refractivity contribution is 5.72. The monoisotopic (exact) mass is 165 g/mol. The van der Waals surface area contributed by atoms with Gasteiger partial charge in [0.15, 0.2) is 5.75 Å². The number of esters is 1. The van der Waals surface area contributed by atoms with E-state index in [1.807, 2.05) is 0 Å². The molecule has 0 spiro atoms. The van der Waals surface area contributed by atoms with Gasteiger partial charge >= 0.3 is 5.97 Å². The third-order valence-electron chi connectivity index (χ3n) is 1.50. The summed E-state index contributed by atoms with van der Waals surface area (Å²) < 4.78 is 4.47. The predicted octanol–water partition coefficient (Wildman–Crippen LogP) is 1.55. The Kier molecular flexibility index (Phi) is 2.69. The second-order valence-electron chi connectivity index (χ2n) is 2.40. The van der Waals surface area contributed by atoms with E-state index < -0.39 is 0 Å². The zero-order chi connectivity index (χ0) is 8.97. The SMILES string of the molecule is COC(=O)Cc1ccc([O])cc1. The summed E-state index contributed by atoms with van der Waals surface area (Å²) in [4.78, 5) is 10.8. The molecule has 0 N–H and O–H groups in total. The molecule has 1 radical (unpaired) electrons. The van der Waals surface area contributed by atoms with Crippen molar-refractivity contribution in [1.29, 1.82) is 0 Å². The number of rotatable bonds is 2. The summed E-state index contributed by atoms with van der Waals surface area (Å²) in [5, 5.41) is 10.7. The summed E-state index contributed by atoms with van der Waals surface area (Å²) in [5.74, 6) is -0.350. The van der Waals surface area contributed by atoms with Gasteiger partial charge in [0, 0.05) is 0 Å². The van der Waals surface area contributed by atoms with E-state index in [9.17, 15) is 9.90 Å². The summed E-state index contributed by atoms with van der Waals surface area (Å²) in [5.41, 5.74) is 0.793. The van der Waals surface area contributed by atoms with Crippen molar-refractivity contribution in [1.82, 2.24) is 0 Å². The molecule has 0 aromatic heterocycles. The van der Waals surface area contributed by atoms with Gasteiger partial charge in [-0.3, -0.25) is 9.90 Å². The quantitative estimate of drug-likeness (QED) is 0.624. The Morgan fingerprint density at radius 3 is 2.42 bits per heavy atom. The number of ether oxygens (including phenoxy) is 1. The molecule has 0 fully saturated rings. The normalized spacial score (nSPS) is 9.42. The first kappa shape index (κ1) is 8.59. The van der Waals surface area contributed by atoms with E-state index in [0.717, 1.165) is 5.56 Å². The molecule has 1 aromatic carbocycles. The number of carbonyl (C=O) groups is 1. The average Bonchev–Trinajstić information content (AvgIpc) is 2.09. The standard InChI is InChI=1S/C9H9O3/c1-12-9(11)6-7-2-4-8(10)5-3-7/h2-5H,6H2,1H3. The van der Waals surface area contributed by atoms with Crippen molar-refractivity contribution in [2.75, 3.05) is 7.11 Å². The number of carbonyl (C=O) groups excluding carboxylic acids is 1. The van der Waals surface area contributed by atoms with Gasteiger partial charge in [-0.2, -0.15) is 0 Å².